The summed E-state index contributed by atoms with van der Waals surface area (Å²) in [5, 5.41) is 8.97. The zero-order chi connectivity index (χ0) is 22.5. The number of piperazine rings is 1. The number of amides is 4. The third-order valence-electron chi connectivity index (χ3n) is 4.45. The standard InChI is InChI=1S/C19H18F2N4O5S/c1-30-18(28)16-13(4-7-31-16)23-15(26)9-14-17(27)22-5-6-25(14)19(29)24-12-3-2-10(20)8-11(12)21/h2-4,7-8,14H,5-6,9H2,1H3,(H,22,27)(H,23,26)(H,24,29)/t14-/m1/s1. The molecule has 0 bridgehead atoms. The quantitative estimate of drug-likeness (QED) is 0.602. The summed E-state index contributed by atoms with van der Waals surface area (Å²) in [6.07, 6.45) is -0.401. The van der Waals surface area contributed by atoms with E-state index in [1.165, 1.54) is 13.2 Å². The van der Waals surface area contributed by atoms with Crippen molar-refractivity contribution < 1.29 is 32.7 Å². The molecular weight excluding hydrogens is 434 g/mol. The molecule has 3 rings (SSSR count). The number of nitrogens with zero attached hydrogens (tertiary/aromatic N) is 1. The van der Waals surface area contributed by atoms with Gasteiger partial charge in [-0.15, -0.1) is 11.3 Å². The summed E-state index contributed by atoms with van der Waals surface area (Å²) in [6.45, 7) is 0.220. The van der Waals surface area contributed by atoms with Crippen LogP contribution in [0.25, 0.3) is 0 Å². The number of ether oxygens (including phenoxy) is 1. The van der Waals surface area contributed by atoms with Crippen LogP contribution < -0.4 is 16.0 Å². The maximum Gasteiger partial charge on any atom is 0.350 e. The van der Waals surface area contributed by atoms with Gasteiger partial charge in [0, 0.05) is 19.2 Å². The molecule has 2 heterocycles. The Morgan fingerprint density at radius 1 is 1.23 bits per heavy atom. The Morgan fingerprint density at radius 3 is 2.71 bits per heavy atom. The van der Waals surface area contributed by atoms with E-state index in [4.69, 9.17) is 0 Å². The molecule has 1 fully saturated rings. The minimum absolute atomic E-state index is 0.0736. The molecule has 1 atom stereocenters. The van der Waals surface area contributed by atoms with Gasteiger partial charge in [0.1, 0.15) is 22.6 Å². The Bertz CT molecular complexity index is 1030. The number of hydrogen-bond donors (Lipinski definition) is 3. The van der Waals surface area contributed by atoms with Crippen molar-refractivity contribution in [3.8, 4) is 0 Å². The lowest BCUT2D eigenvalue weighted by Gasteiger charge is -2.34. The fourth-order valence-corrected chi connectivity index (χ4v) is 3.74. The van der Waals surface area contributed by atoms with Crippen molar-refractivity contribution in [1.29, 1.82) is 0 Å². The van der Waals surface area contributed by atoms with Gasteiger partial charge in [0.25, 0.3) is 0 Å². The van der Waals surface area contributed by atoms with Crippen LogP contribution in [0.5, 0.6) is 0 Å². The molecule has 2 aromatic rings. The fraction of sp³-hybridized carbons (Fsp3) is 0.263. The van der Waals surface area contributed by atoms with Gasteiger partial charge in [-0.05, 0) is 23.6 Å². The molecule has 31 heavy (non-hydrogen) atoms. The van der Waals surface area contributed by atoms with E-state index < -0.39 is 47.9 Å². The Labute approximate surface area is 179 Å². The molecule has 1 aromatic carbocycles. The average Bonchev–Trinajstić information content (AvgIpc) is 3.18. The minimum Gasteiger partial charge on any atom is -0.465 e. The molecule has 0 saturated carbocycles. The van der Waals surface area contributed by atoms with E-state index in [0.29, 0.717) is 6.07 Å². The van der Waals surface area contributed by atoms with Crippen LogP contribution in [-0.4, -0.2) is 55.0 Å². The summed E-state index contributed by atoms with van der Waals surface area (Å²) in [6, 6.07) is 2.17. The predicted molar refractivity (Wildman–Crippen MR) is 108 cm³/mol. The third kappa shape index (κ3) is 5.15. The van der Waals surface area contributed by atoms with Gasteiger partial charge in [-0.3, -0.25) is 9.59 Å². The second-order valence-electron chi connectivity index (χ2n) is 6.46. The maximum absolute atomic E-state index is 13.9. The van der Waals surface area contributed by atoms with Gasteiger partial charge in [0.2, 0.25) is 11.8 Å². The predicted octanol–water partition coefficient (Wildman–Crippen LogP) is 2.17. The number of carbonyl (C=O) groups excluding carboxylic acids is 4. The highest BCUT2D eigenvalue weighted by Crippen LogP contribution is 2.24. The van der Waals surface area contributed by atoms with E-state index in [0.717, 1.165) is 28.4 Å². The molecule has 1 aromatic heterocycles. The Hall–Kier alpha value is -3.54. The zero-order valence-electron chi connectivity index (χ0n) is 16.2. The zero-order valence-corrected chi connectivity index (χ0v) is 17.1. The summed E-state index contributed by atoms with van der Waals surface area (Å²) in [7, 11) is 1.21. The first-order valence-electron chi connectivity index (χ1n) is 9.06. The SMILES string of the molecule is COC(=O)c1sccc1NC(=O)C[C@@H]1C(=O)NCCN1C(=O)Nc1ccc(F)cc1F. The number of nitrogens with one attached hydrogen (secondary N) is 3. The van der Waals surface area contributed by atoms with Gasteiger partial charge >= 0.3 is 12.0 Å². The number of benzene rings is 1. The number of thiophene rings is 1. The second-order valence-corrected chi connectivity index (χ2v) is 7.38. The number of esters is 1. The second kappa shape index (κ2) is 9.51. The van der Waals surface area contributed by atoms with Crippen LogP contribution >= 0.6 is 11.3 Å². The van der Waals surface area contributed by atoms with E-state index in [9.17, 15) is 28.0 Å². The van der Waals surface area contributed by atoms with E-state index >= 15 is 0 Å². The summed E-state index contributed by atoms with van der Waals surface area (Å²) >= 11 is 1.07. The van der Waals surface area contributed by atoms with Crippen LogP contribution in [0.3, 0.4) is 0 Å². The normalized spacial score (nSPS) is 15.8. The highest BCUT2D eigenvalue weighted by atomic mass is 32.1. The lowest BCUT2D eigenvalue weighted by molar-refractivity contribution is -0.130. The molecule has 1 aliphatic rings. The first-order valence-corrected chi connectivity index (χ1v) is 9.94. The van der Waals surface area contributed by atoms with Crippen molar-refractivity contribution in [2.24, 2.45) is 0 Å². The molecule has 3 N–H and O–H groups in total. The Morgan fingerprint density at radius 2 is 2.00 bits per heavy atom. The molecular formula is C19H18F2N4O5S. The van der Waals surface area contributed by atoms with Crippen molar-refractivity contribution in [2.75, 3.05) is 30.8 Å². The van der Waals surface area contributed by atoms with Crippen molar-refractivity contribution in [3.63, 3.8) is 0 Å². The number of anilines is 2. The first kappa shape index (κ1) is 22.2. The number of methoxy groups -OCH3 is 1. The summed E-state index contributed by atoms with van der Waals surface area (Å²) in [5.74, 6) is -3.58. The lowest BCUT2D eigenvalue weighted by atomic mass is 10.1. The van der Waals surface area contributed by atoms with E-state index in [1.807, 2.05) is 0 Å². The Kier molecular flexibility index (Phi) is 6.80. The van der Waals surface area contributed by atoms with Crippen LogP contribution in [0.15, 0.2) is 29.6 Å². The number of urea groups is 1. The van der Waals surface area contributed by atoms with Gasteiger partial charge in [0.15, 0.2) is 0 Å². The maximum atomic E-state index is 13.9. The molecule has 4 amide bonds. The molecule has 1 saturated heterocycles. The van der Waals surface area contributed by atoms with Crippen molar-refractivity contribution >= 4 is 46.5 Å². The highest BCUT2D eigenvalue weighted by molar-refractivity contribution is 7.12. The number of halogens is 2. The van der Waals surface area contributed by atoms with E-state index in [1.54, 1.807) is 5.38 Å². The largest absolute Gasteiger partial charge is 0.465 e. The van der Waals surface area contributed by atoms with Crippen molar-refractivity contribution in [3.05, 3.63) is 46.2 Å². The van der Waals surface area contributed by atoms with Crippen LogP contribution in [0.4, 0.5) is 25.0 Å². The molecule has 12 heteroatoms. The van der Waals surface area contributed by atoms with Crippen LogP contribution in [-0.2, 0) is 14.3 Å². The van der Waals surface area contributed by atoms with E-state index in [2.05, 4.69) is 20.7 Å². The fourth-order valence-electron chi connectivity index (χ4n) is 2.97. The molecule has 164 valence electrons. The monoisotopic (exact) mass is 452 g/mol. The van der Waals surface area contributed by atoms with Crippen LogP contribution in [0.1, 0.15) is 16.1 Å². The topological polar surface area (TPSA) is 117 Å². The van der Waals surface area contributed by atoms with Crippen molar-refractivity contribution in [1.82, 2.24) is 10.2 Å². The number of carbonyl (C=O) groups is 4. The van der Waals surface area contributed by atoms with Gasteiger partial charge in [0.05, 0.1) is 24.9 Å². The molecule has 1 aliphatic heterocycles. The van der Waals surface area contributed by atoms with Gasteiger partial charge in [-0.1, -0.05) is 0 Å². The highest BCUT2D eigenvalue weighted by Gasteiger charge is 2.35. The molecule has 0 radical (unpaired) electrons. The van der Waals surface area contributed by atoms with Gasteiger partial charge < -0.3 is 25.6 Å². The van der Waals surface area contributed by atoms with Crippen molar-refractivity contribution in [2.45, 2.75) is 12.5 Å². The smallest absolute Gasteiger partial charge is 0.350 e. The molecule has 0 spiro atoms. The molecule has 0 unspecified atom stereocenters. The number of hydrogen-bond acceptors (Lipinski definition) is 6. The Balaban J connectivity index is 1.71. The lowest BCUT2D eigenvalue weighted by Crippen LogP contribution is -2.59. The molecule has 0 aliphatic carbocycles. The number of rotatable bonds is 5. The van der Waals surface area contributed by atoms with Crippen LogP contribution in [0, 0.1) is 11.6 Å². The first-order chi connectivity index (χ1) is 14.8. The van der Waals surface area contributed by atoms with E-state index in [-0.39, 0.29) is 29.3 Å². The summed E-state index contributed by atoms with van der Waals surface area (Å²) < 4.78 is 31.6. The van der Waals surface area contributed by atoms with Crippen LogP contribution in [0.2, 0.25) is 0 Å². The summed E-state index contributed by atoms with van der Waals surface area (Å²) in [5.41, 5.74) is -0.0379. The van der Waals surface area contributed by atoms with Gasteiger partial charge in [-0.25, -0.2) is 18.4 Å². The average molecular weight is 452 g/mol. The third-order valence-corrected chi connectivity index (χ3v) is 5.35. The summed E-state index contributed by atoms with van der Waals surface area (Å²) in [4.78, 5) is 50.5. The molecule has 9 nitrogen and oxygen atoms in total. The van der Waals surface area contributed by atoms with Gasteiger partial charge in [-0.2, -0.15) is 0 Å². The minimum atomic E-state index is -1.17.